The fraction of sp³-hybridized carbons (Fsp3) is 0.500. The Morgan fingerprint density at radius 1 is 1.40 bits per heavy atom. The van der Waals surface area contributed by atoms with E-state index in [-0.39, 0.29) is 12.1 Å². The Morgan fingerprint density at radius 3 is 3.27 bits per heavy atom. The van der Waals surface area contributed by atoms with Crippen LogP contribution in [0.2, 0.25) is 0 Å². The molecule has 0 aromatic heterocycles. The number of nitrogens with one attached hydrogen (secondary N) is 1. The van der Waals surface area contributed by atoms with Crippen LogP contribution >= 0.6 is 0 Å². The zero-order chi connectivity index (χ0) is 10.3. The Kier molecular flexibility index (Phi) is 2.15. The van der Waals surface area contributed by atoms with E-state index in [2.05, 4.69) is 5.32 Å². The third-order valence-corrected chi connectivity index (χ3v) is 3.33. The van der Waals surface area contributed by atoms with E-state index in [1.807, 2.05) is 12.1 Å². The van der Waals surface area contributed by atoms with Crippen molar-refractivity contribution in [2.45, 2.75) is 25.0 Å². The van der Waals surface area contributed by atoms with Gasteiger partial charge < -0.3 is 15.2 Å². The van der Waals surface area contributed by atoms with E-state index in [1.54, 1.807) is 6.07 Å². The van der Waals surface area contributed by atoms with Gasteiger partial charge in [-0.25, -0.2) is 0 Å². The minimum absolute atomic E-state index is 0.273. The molecule has 15 heavy (non-hydrogen) atoms. The molecule has 2 unspecified atom stereocenters. The maximum atomic E-state index is 9.51. The molecule has 0 bridgehead atoms. The van der Waals surface area contributed by atoms with Crippen LogP contribution in [0.1, 0.15) is 23.6 Å². The molecule has 3 rings (SSSR count). The van der Waals surface area contributed by atoms with Gasteiger partial charge in [0.2, 0.25) is 0 Å². The third-order valence-electron chi connectivity index (χ3n) is 3.33. The molecule has 1 aliphatic carbocycles. The number of phenols is 1. The number of morpholine rings is 1. The summed E-state index contributed by atoms with van der Waals surface area (Å²) in [5, 5.41) is 13.0. The highest BCUT2D eigenvalue weighted by molar-refractivity contribution is 5.39. The van der Waals surface area contributed by atoms with E-state index in [0.717, 1.165) is 26.0 Å². The Hall–Kier alpha value is -1.06. The van der Waals surface area contributed by atoms with Crippen LogP contribution in [-0.4, -0.2) is 24.4 Å². The van der Waals surface area contributed by atoms with Gasteiger partial charge in [0.1, 0.15) is 5.75 Å². The predicted molar refractivity (Wildman–Crippen MR) is 56.9 cm³/mol. The number of benzene rings is 1. The normalized spacial score (nSPS) is 29.3. The molecule has 1 fully saturated rings. The van der Waals surface area contributed by atoms with Crippen LogP contribution in [-0.2, 0) is 11.2 Å². The molecule has 1 aromatic carbocycles. The number of hydrogen-bond donors (Lipinski definition) is 2. The number of ether oxygens (including phenoxy) is 1. The highest BCUT2D eigenvalue weighted by Gasteiger charge is 2.32. The second-order valence-corrected chi connectivity index (χ2v) is 4.26. The second kappa shape index (κ2) is 3.51. The summed E-state index contributed by atoms with van der Waals surface area (Å²) in [7, 11) is 0. The summed E-state index contributed by atoms with van der Waals surface area (Å²) < 4.78 is 5.73. The summed E-state index contributed by atoms with van der Waals surface area (Å²) in [6, 6.07) is 5.93. The van der Waals surface area contributed by atoms with Gasteiger partial charge in [0.05, 0.1) is 18.8 Å². The van der Waals surface area contributed by atoms with Crippen molar-refractivity contribution in [3.8, 4) is 5.75 Å². The maximum Gasteiger partial charge on any atom is 0.115 e. The summed E-state index contributed by atoms with van der Waals surface area (Å²) in [6.45, 7) is 1.70. The first-order valence-corrected chi connectivity index (χ1v) is 5.51. The Balaban J connectivity index is 2.01. The highest BCUT2D eigenvalue weighted by Crippen LogP contribution is 2.35. The smallest absolute Gasteiger partial charge is 0.115 e. The summed E-state index contributed by atoms with van der Waals surface area (Å²) in [6.07, 6.45) is 2.42. The first-order chi connectivity index (χ1) is 7.34. The van der Waals surface area contributed by atoms with Gasteiger partial charge in [0, 0.05) is 6.54 Å². The fourth-order valence-electron chi connectivity index (χ4n) is 2.61. The molecule has 3 heteroatoms. The van der Waals surface area contributed by atoms with Crippen molar-refractivity contribution in [3.63, 3.8) is 0 Å². The van der Waals surface area contributed by atoms with Gasteiger partial charge in [-0.1, -0.05) is 6.07 Å². The molecule has 2 N–H and O–H groups in total. The first kappa shape index (κ1) is 9.19. The van der Waals surface area contributed by atoms with Crippen LogP contribution in [0.5, 0.6) is 5.75 Å². The second-order valence-electron chi connectivity index (χ2n) is 4.26. The van der Waals surface area contributed by atoms with Gasteiger partial charge in [-0.3, -0.25) is 0 Å². The molecule has 0 amide bonds. The highest BCUT2D eigenvalue weighted by atomic mass is 16.5. The number of hydrogen-bond acceptors (Lipinski definition) is 3. The SMILES string of the molecule is Oc1ccc2c(c1)C1NCCOC1CC2. The summed E-state index contributed by atoms with van der Waals surface area (Å²) >= 11 is 0. The van der Waals surface area contributed by atoms with Crippen molar-refractivity contribution in [1.82, 2.24) is 5.32 Å². The molecular formula is C12H15NO2. The number of aryl methyl sites for hydroxylation is 1. The minimum atomic E-state index is 0.273. The van der Waals surface area contributed by atoms with Crippen LogP contribution in [0, 0.1) is 0 Å². The Labute approximate surface area is 89.1 Å². The van der Waals surface area contributed by atoms with Crippen LogP contribution in [0.15, 0.2) is 18.2 Å². The van der Waals surface area contributed by atoms with Crippen molar-refractivity contribution in [3.05, 3.63) is 29.3 Å². The topological polar surface area (TPSA) is 41.5 Å². The molecule has 2 aliphatic rings. The average Bonchev–Trinajstić information content (AvgIpc) is 2.29. The van der Waals surface area contributed by atoms with E-state index in [4.69, 9.17) is 4.74 Å². The summed E-state index contributed by atoms with van der Waals surface area (Å²) in [5.74, 6) is 0.349. The van der Waals surface area contributed by atoms with Gasteiger partial charge in [-0.2, -0.15) is 0 Å². The lowest BCUT2D eigenvalue weighted by Gasteiger charge is -2.37. The lowest BCUT2D eigenvalue weighted by Crippen LogP contribution is -2.44. The van der Waals surface area contributed by atoms with Crippen LogP contribution < -0.4 is 5.32 Å². The van der Waals surface area contributed by atoms with Gasteiger partial charge in [-0.15, -0.1) is 0 Å². The molecule has 2 atom stereocenters. The summed E-state index contributed by atoms with van der Waals surface area (Å²) in [5.41, 5.74) is 2.55. The van der Waals surface area contributed by atoms with Crippen LogP contribution in [0.3, 0.4) is 0 Å². The average molecular weight is 205 g/mol. The minimum Gasteiger partial charge on any atom is -0.508 e. The molecule has 1 saturated heterocycles. The zero-order valence-corrected chi connectivity index (χ0v) is 8.57. The van der Waals surface area contributed by atoms with Gasteiger partial charge >= 0.3 is 0 Å². The molecular weight excluding hydrogens is 190 g/mol. The van der Waals surface area contributed by atoms with Crippen molar-refractivity contribution in [1.29, 1.82) is 0 Å². The largest absolute Gasteiger partial charge is 0.508 e. The lowest BCUT2D eigenvalue weighted by atomic mass is 9.85. The van der Waals surface area contributed by atoms with Gasteiger partial charge in [-0.05, 0) is 36.1 Å². The van der Waals surface area contributed by atoms with Gasteiger partial charge in [0.15, 0.2) is 0 Å². The molecule has 1 aliphatic heterocycles. The van der Waals surface area contributed by atoms with Crippen molar-refractivity contribution in [2.24, 2.45) is 0 Å². The quantitative estimate of drug-likeness (QED) is 0.672. The van der Waals surface area contributed by atoms with E-state index in [0.29, 0.717) is 5.75 Å². The van der Waals surface area contributed by atoms with Crippen molar-refractivity contribution in [2.75, 3.05) is 13.2 Å². The number of fused-ring (bicyclic) bond motifs is 3. The third kappa shape index (κ3) is 1.52. The number of aromatic hydroxyl groups is 1. The monoisotopic (exact) mass is 205 g/mol. The number of phenolic OH excluding ortho intramolecular Hbond substituents is 1. The van der Waals surface area contributed by atoms with Crippen molar-refractivity contribution >= 4 is 0 Å². The molecule has 1 aromatic rings. The molecule has 1 heterocycles. The standard InChI is InChI=1S/C12H15NO2/c14-9-3-1-8-2-4-11-12(10(8)7-9)13-5-6-15-11/h1,3,7,11-14H,2,4-6H2. The molecule has 0 spiro atoms. The van der Waals surface area contributed by atoms with E-state index in [1.165, 1.54) is 11.1 Å². The van der Waals surface area contributed by atoms with E-state index in [9.17, 15) is 5.11 Å². The van der Waals surface area contributed by atoms with Crippen molar-refractivity contribution < 1.29 is 9.84 Å². The Bertz CT molecular complexity index is 378. The van der Waals surface area contributed by atoms with E-state index >= 15 is 0 Å². The molecule has 80 valence electrons. The van der Waals surface area contributed by atoms with Crippen LogP contribution in [0.4, 0.5) is 0 Å². The summed E-state index contributed by atoms with van der Waals surface area (Å²) in [4.78, 5) is 0. The van der Waals surface area contributed by atoms with Gasteiger partial charge in [0.25, 0.3) is 0 Å². The molecule has 0 radical (unpaired) electrons. The maximum absolute atomic E-state index is 9.51. The predicted octanol–water partition coefficient (Wildman–Crippen LogP) is 1.37. The lowest BCUT2D eigenvalue weighted by molar-refractivity contribution is -0.0138. The molecule has 3 nitrogen and oxygen atoms in total. The fourth-order valence-corrected chi connectivity index (χ4v) is 2.61. The van der Waals surface area contributed by atoms with Crippen LogP contribution in [0.25, 0.3) is 0 Å². The van der Waals surface area contributed by atoms with E-state index < -0.39 is 0 Å². The first-order valence-electron chi connectivity index (χ1n) is 5.51. The number of rotatable bonds is 0. The Morgan fingerprint density at radius 2 is 2.33 bits per heavy atom. The zero-order valence-electron chi connectivity index (χ0n) is 8.57. The molecule has 0 saturated carbocycles.